The minimum Gasteiger partial charge on any atom is -0.348 e. The Morgan fingerprint density at radius 3 is 2.27 bits per heavy atom. The molecule has 6 heteroatoms. The Morgan fingerprint density at radius 2 is 1.73 bits per heavy atom. The Morgan fingerprint density at radius 1 is 1.08 bits per heavy atom. The lowest BCUT2D eigenvalue weighted by atomic mass is 10.0. The SMILES string of the molecule is CCC(NC(=O)CN(c1ccc(C)c(C)c1)S(C)(=O)=O)c1ccccc1. The van der Waals surface area contributed by atoms with E-state index in [1.165, 1.54) is 0 Å². The summed E-state index contributed by atoms with van der Waals surface area (Å²) in [6.45, 7) is 5.62. The van der Waals surface area contributed by atoms with Gasteiger partial charge in [-0.25, -0.2) is 8.42 Å². The monoisotopic (exact) mass is 374 g/mol. The van der Waals surface area contributed by atoms with Crippen molar-refractivity contribution in [2.45, 2.75) is 33.2 Å². The number of sulfonamides is 1. The van der Waals surface area contributed by atoms with Crippen LogP contribution in [-0.2, 0) is 14.8 Å². The predicted octanol–water partition coefficient (Wildman–Crippen LogP) is 3.34. The van der Waals surface area contributed by atoms with Crippen molar-refractivity contribution in [3.05, 3.63) is 65.2 Å². The minimum atomic E-state index is -3.58. The van der Waals surface area contributed by atoms with Crippen molar-refractivity contribution >= 4 is 21.6 Å². The fourth-order valence-electron chi connectivity index (χ4n) is 2.76. The lowest BCUT2D eigenvalue weighted by molar-refractivity contribution is -0.120. The van der Waals surface area contributed by atoms with Crippen LogP contribution < -0.4 is 9.62 Å². The fraction of sp³-hybridized carbons (Fsp3) is 0.350. The molecule has 5 nitrogen and oxygen atoms in total. The van der Waals surface area contributed by atoms with Crippen molar-refractivity contribution < 1.29 is 13.2 Å². The van der Waals surface area contributed by atoms with Gasteiger partial charge in [-0.2, -0.15) is 0 Å². The van der Waals surface area contributed by atoms with E-state index >= 15 is 0 Å². The number of carbonyl (C=O) groups is 1. The van der Waals surface area contributed by atoms with Gasteiger partial charge in [-0.3, -0.25) is 9.10 Å². The van der Waals surface area contributed by atoms with E-state index in [4.69, 9.17) is 0 Å². The number of amides is 1. The molecule has 1 atom stereocenters. The first kappa shape index (κ1) is 20.0. The molecular formula is C20H26N2O3S. The predicted molar refractivity (Wildman–Crippen MR) is 106 cm³/mol. The van der Waals surface area contributed by atoms with Crippen molar-refractivity contribution in [2.75, 3.05) is 17.1 Å². The van der Waals surface area contributed by atoms with E-state index in [0.717, 1.165) is 33.7 Å². The van der Waals surface area contributed by atoms with Gasteiger partial charge < -0.3 is 5.32 Å². The number of anilines is 1. The molecule has 0 bridgehead atoms. The zero-order valence-corrected chi connectivity index (χ0v) is 16.5. The van der Waals surface area contributed by atoms with Crippen LogP contribution in [0.2, 0.25) is 0 Å². The fourth-order valence-corrected chi connectivity index (χ4v) is 3.61. The Kier molecular flexibility index (Phi) is 6.42. The maximum Gasteiger partial charge on any atom is 0.241 e. The summed E-state index contributed by atoms with van der Waals surface area (Å²) in [5.41, 5.74) is 3.55. The van der Waals surface area contributed by atoms with Crippen molar-refractivity contribution in [3.63, 3.8) is 0 Å². The van der Waals surface area contributed by atoms with E-state index in [1.807, 2.05) is 57.2 Å². The molecule has 26 heavy (non-hydrogen) atoms. The second-order valence-electron chi connectivity index (χ2n) is 6.48. The lowest BCUT2D eigenvalue weighted by Crippen LogP contribution is -2.41. The topological polar surface area (TPSA) is 66.5 Å². The van der Waals surface area contributed by atoms with Gasteiger partial charge in [0.1, 0.15) is 6.54 Å². The van der Waals surface area contributed by atoms with E-state index in [1.54, 1.807) is 12.1 Å². The molecule has 2 rings (SSSR count). The molecule has 0 spiro atoms. The normalized spacial score (nSPS) is 12.5. The highest BCUT2D eigenvalue weighted by Gasteiger charge is 2.22. The van der Waals surface area contributed by atoms with Gasteiger partial charge in [0.15, 0.2) is 0 Å². The Bertz CT molecular complexity index is 864. The third kappa shape index (κ3) is 5.08. The van der Waals surface area contributed by atoms with Crippen LogP contribution in [0, 0.1) is 13.8 Å². The highest BCUT2D eigenvalue weighted by atomic mass is 32.2. The number of rotatable bonds is 7. The molecule has 0 aliphatic carbocycles. The van der Waals surface area contributed by atoms with Gasteiger partial charge in [0.25, 0.3) is 0 Å². The van der Waals surface area contributed by atoms with Crippen LogP contribution in [-0.4, -0.2) is 27.1 Å². The average molecular weight is 375 g/mol. The molecule has 2 aromatic rings. The maximum absolute atomic E-state index is 12.6. The first-order chi connectivity index (χ1) is 12.2. The van der Waals surface area contributed by atoms with Crippen molar-refractivity contribution in [3.8, 4) is 0 Å². The molecule has 0 saturated carbocycles. The highest BCUT2D eigenvalue weighted by Crippen LogP contribution is 2.22. The van der Waals surface area contributed by atoms with Crippen molar-refractivity contribution in [2.24, 2.45) is 0 Å². The van der Waals surface area contributed by atoms with Gasteiger partial charge in [0.05, 0.1) is 18.0 Å². The Labute approximate surface area is 156 Å². The van der Waals surface area contributed by atoms with Crippen LogP contribution in [0.25, 0.3) is 0 Å². The van der Waals surface area contributed by atoms with Crippen LogP contribution in [0.15, 0.2) is 48.5 Å². The number of carbonyl (C=O) groups excluding carboxylic acids is 1. The molecule has 0 saturated heterocycles. The largest absolute Gasteiger partial charge is 0.348 e. The molecule has 1 N–H and O–H groups in total. The van der Waals surface area contributed by atoms with Gasteiger partial charge in [-0.05, 0) is 49.1 Å². The molecule has 0 fully saturated rings. The number of nitrogens with one attached hydrogen (secondary N) is 1. The summed E-state index contributed by atoms with van der Waals surface area (Å²) in [7, 11) is -3.58. The summed E-state index contributed by atoms with van der Waals surface area (Å²) >= 11 is 0. The Hall–Kier alpha value is -2.34. The highest BCUT2D eigenvalue weighted by molar-refractivity contribution is 7.92. The standard InChI is InChI=1S/C20H26N2O3S/c1-5-19(17-9-7-6-8-10-17)21-20(23)14-22(26(4,24)25)18-12-11-15(2)16(3)13-18/h6-13,19H,5,14H2,1-4H3,(H,21,23). The van der Waals surface area contributed by atoms with Crippen LogP contribution in [0.4, 0.5) is 5.69 Å². The number of aryl methyl sites for hydroxylation is 2. The summed E-state index contributed by atoms with van der Waals surface area (Å²) in [4.78, 5) is 12.6. The van der Waals surface area contributed by atoms with E-state index in [9.17, 15) is 13.2 Å². The summed E-state index contributed by atoms with van der Waals surface area (Å²) in [5.74, 6) is -0.329. The molecular weight excluding hydrogens is 348 g/mol. The van der Waals surface area contributed by atoms with E-state index < -0.39 is 10.0 Å². The third-order valence-electron chi connectivity index (χ3n) is 4.41. The summed E-state index contributed by atoms with van der Waals surface area (Å²) in [5, 5.41) is 2.94. The van der Waals surface area contributed by atoms with Crippen LogP contribution in [0.5, 0.6) is 0 Å². The maximum atomic E-state index is 12.6. The molecule has 0 radical (unpaired) electrons. The number of benzene rings is 2. The second kappa shape index (κ2) is 8.36. The van der Waals surface area contributed by atoms with Gasteiger partial charge in [0.2, 0.25) is 15.9 Å². The molecule has 0 aliphatic rings. The first-order valence-corrected chi connectivity index (χ1v) is 10.5. The summed E-state index contributed by atoms with van der Waals surface area (Å²) < 4.78 is 25.6. The molecule has 1 unspecified atom stereocenters. The Balaban J connectivity index is 2.20. The number of nitrogens with zero attached hydrogens (tertiary/aromatic N) is 1. The molecule has 0 aromatic heterocycles. The molecule has 0 heterocycles. The van der Waals surface area contributed by atoms with E-state index in [0.29, 0.717) is 5.69 Å². The smallest absolute Gasteiger partial charge is 0.241 e. The van der Waals surface area contributed by atoms with Crippen molar-refractivity contribution in [1.82, 2.24) is 5.32 Å². The number of hydrogen-bond acceptors (Lipinski definition) is 3. The molecule has 140 valence electrons. The van der Waals surface area contributed by atoms with Gasteiger partial charge >= 0.3 is 0 Å². The number of hydrogen-bond donors (Lipinski definition) is 1. The van der Waals surface area contributed by atoms with Gasteiger partial charge in [0, 0.05) is 0 Å². The molecule has 1 amide bonds. The first-order valence-electron chi connectivity index (χ1n) is 8.61. The van der Waals surface area contributed by atoms with Crippen LogP contribution in [0.3, 0.4) is 0 Å². The van der Waals surface area contributed by atoms with Gasteiger partial charge in [-0.1, -0.05) is 43.3 Å². The molecule has 0 aliphatic heterocycles. The van der Waals surface area contributed by atoms with Crippen LogP contribution >= 0.6 is 0 Å². The van der Waals surface area contributed by atoms with Crippen molar-refractivity contribution in [1.29, 1.82) is 0 Å². The zero-order chi connectivity index (χ0) is 19.3. The van der Waals surface area contributed by atoms with E-state index in [-0.39, 0.29) is 18.5 Å². The quantitative estimate of drug-likeness (QED) is 0.808. The van der Waals surface area contributed by atoms with E-state index in [2.05, 4.69) is 5.32 Å². The summed E-state index contributed by atoms with van der Waals surface area (Å²) in [6.07, 6.45) is 1.84. The lowest BCUT2D eigenvalue weighted by Gasteiger charge is -2.24. The minimum absolute atomic E-state index is 0.148. The second-order valence-corrected chi connectivity index (χ2v) is 8.38. The third-order valence-corrected chi connectivity index (χ3v) is 5.55. The zero-order valence-electron chi connectivity index (χ0n) is 15.7. The average Bonchev–Trinajstić information content (AvgIpc) is 2.60. The summed E-state index contributed by atoms with van der Waals surface area (Å²) in [6, 6.07) is 14.9. The van der Waals surface area contributed by atoms with Gasteiger partial charge in [-0.15, -0.1) is 0 Å². The van der Waals surface area contributed by atoms with Crippen LogP contribution in [0.1, 0.15) is 36.1 Å². The molecule has 2 aromatic carbocycles.